The molecule has 0 unspecified atom stereocenters. The minimum Gasteiger partial charge on any atom is -0.478 e. The van der Waals surface area contributed by atoms with Crippen LogP contribution in [0.5, 0.6) is 0 Å². The molecule has 0 spiro atoms. The fourth-order valence-electron chi connectivity index (χ4n) is 4.04. The summed E-state index contributed by atoms with van der Waals surface area (Å²) in [4.78, 5) is 13.2. The van der Waals surface area contributed by atoms with Crippen molar-refractivity contribution in [1.82, 2.24) is 0 Å². The predicted octanol–water partition coefficient (Wildman–Crippen LogP) is 5.81. The van der Waals surface area contributed by atoms with E-state index in [0.29, 0.717) is 5.56 Å². The Hall–Kier alpha value is -2.29. The molecule has 0 radical (unpaired) electrons. The van der Waals surface area contributed by atoms with Gasteiger partial charge in [-0.15, -0.1) is 0 Å². The molecule has 0 aliphatic heterocycles. The number of aryl methyl sites for hydroxylation is 1. The van der Waals surface area contributed by atoms with Gasteiger partial charge < -0.3 is 10.0 Å². The van der Waals surface area contributed by atoms with E-state index < -0.39 is 5.97 Å². The molecule has 1 N–H and O–H groups in total. The maximum Gasteiger partial charge on any atom is 0.335 e. The molecule has 0 heterocycles. The molecule has 2 aromatic carbocycles. The Bertz CT molecular complexity index is 847. The third-order valence-electron chi connectivity index (χ3n) is 6.03. The molecular weight excluding hydrogens is 322 g/mol. The van der Waals surface area contributed by atoms with E-state index in [9.17, 15) is 4.79 Å². The molecule has 26 heavy (non-hydrogen) atoms. The molecule has 1 aliphatic carbocycles. The van der Waals surface area contributed by atoms with Crippen molar-refractivity contribution in [2.24, 2.45) is 0 Å². The summed E-state index contributed by atoms with van der Waals surface area (Å²) in [5, 5.41) is 9.10. The first-order valence-electron chi connectivity index (χ1n) is 9.26. The second kappa shape index (κ2) is 6.15. The lowest BCUT2D eigenvalue weighted by Gasteiger charge is -2.43. The van der Waals surface area contributed by atoms with Gasteiger partial charge in [0.25, 0.3) is 0 Å². The standard InChI is InChI=1S/C23H29NO2/c1-15-13-18-19(23(4,5)12-11-22(18,2)3)14-20(15)24(6)17-9-7-16(8-10-17)21(25)26/h7-10,13-14H,11-12H2,1-6H3,(H,25,26). The van der Waals surface area contributed by atoms with E-state index in [1.807, 2.05) is 19.2 Å². The zero-order chi connectivity index (χ0) is 19.3. The highest BCUT2D eigenvalue weighted by atomic mass is 16.4. The molecule has 0 amide bonds. The number of carbonyl (C=O) groups is 1. The number of anilines is 2. The summed E-state index contributed by atoms with van der Waals surface area (Å²) >= 11 is 0. The van der Waals surface area contributed by atoms with E-state index in [-0.39, 0.29) is 10.8 Å². The van der Waals surface area contributed by atoms with Crippen molar-refractivity contribution >= 4 is 17.3 Å². The SMILES string of the molecule is Cc1cc2c(cc1N(C)c1ccc(C(=O)O)cc1)C(C)(C)CCC2(C)C. The van der Waals surface area contributed by atoms with Gasteiger partial charge in [0, 0.05) is 18.4 Å². The van der Waals surface area contributed by atoms with Crippen molar-refractivity contribution < 1.29 is 9.90 Å². The number of carboxylic acids is 1. The number of carboxylic acid groups (broad SMARTS) is 1. The van der Waals surface area contributed by atoms with Gasteiger partial charge in [0.05, 0.1) is 5.56 Å². The zero-order valence-corrected chi connectivity index (χ0v) is 16.7. The molecule has 3 rings (SSSR count). The summed E-state index contributed by atoms with van der Waals surface area (Å²) in [5.41, 5.74) is 7.00. The van der Waals surface area contributed by atoms with Crippen LogP contribution in [-0.2, 0) is 10.8 Å². The van der Waals surface area contributed by atoms with Gasteiger partial charge in [0.1, 0.15) is 0 Å². The summed E-state index contributed by atoms with van der Waals surface area (Å²) < 4.78 is 0. The maximum absolute atomic E-state index is 11.1. The third kappa shape index (κ3) is 3.11. The van der Waals surface area contributed by atoms with Crippen molar-refractivity contribution in [2.45, 2.75) is 58.3 Å². The molecule has 0 bridgehead atoms. The molecule has 1 aliphatic rings. The Balaban J connectivity index is 2.07. The normalized spacial score (nSPS) is 17.5. The monoisotopic (exact) mass is 351 g/mol. The Kier molecular flexibility index (Phi) is 4.38. The van der Waals surface area contributed by atoms with Gasteiger partial charge >= 0.3 is 5.97 Å². The summed E-state index contributed by atoms with van der Waals surface area (Å²) in [5.74, 6) is -0.895. The van der Waals surface area contributed by atoms with Gasteiger partial charge in [-0.3, -0.25) is 0 Å². The molecule has 0 saturated carbocycles. The van der Waals surface area contributed by atoms with E-state index >= 15 is 0 Å². The molecule has 0 fully saturated rings. The highest BCUT2D eigenvalue weighted by Crippen LogP contribution is 2.48. The number of nitrogens with zero attached hydrogens (tertiary/aromatic N) is 1. The van der Waals surface area contributed by atoms with Gasteiger partial charge in [0.2, 0.25) is 0 Å². The first kappa shape index (κ1) is 18.5. The molecule has 0 atom stereocenters. The number of benzene rings is 2. The smallest absolute Gasteiger partial charge is 0.335 e. The topological polar surface area (TPSA) is 40.5 Å². The van der Waals surface area contributed by atoms with E-state index in [4.69, 9.17) is 5.11 Å². The van der Waals surface area contributed by atoms with Crippen molar-refractivity contribution in [2.75, 3.05) is 11.9 Å². The summed E-state index contributed by atoms with van der Waals surface area (Å²) in [6.45, 7) is 11.5. The minimum absolute atomic E-state index is 0.168. The zero-order valence-electron chi connectivity index (χ0n) is 16.7. The van der Waals surface area contributed by atoms with E-state index in [1.54, 1.807) is 12.1 Å². The molecule has 2 aromatic rings. The van der Waals surface area contributed by atoms with Crippen LogP contribution in [0.25, 0.3) is 0 Å². The van der Waals surface area contributed by atoms with E-state index in [1.165, 1.54) is 35.2 Å². The molecule has 138 valence electrons. The summed E-state index contributed by atoms with van der Waals surface area (Å²) in [6.07, 6.45) is 2.39. The van der Waals surface area contributed by atoms with Crippen molar-refractivity contribution in [1.29, 1.82) is 0 Å². The van der Waals surface area contributed by atoms with Crippen LogP contribution in [0.15, 0.2) is 36.4 Å². The van der Waals surface area contributed by atoms with Crippen LogP contribution < -0.4 is 4.90 Å². The minimum atomic E-state index is -0.895. The fourth-order valence-corrected chi connectivity index (χ4v) is 4.04. The Labute approximate surface area is 156 Å². The number of aromatic carboxylic acids is 1. The van der Waals surface area contributed by atoms with E-state index in [2.05, 4.69) is 51.7 Å². The number of hydrogen-bond acceptors (Lipinski definition) is 2. The Morgan fingerprint density at radius 3 is 1.96 bits per heavy atom. The third-order valence-corrected chi connectivity index (χ3v) is 6.03. The average molecular weight is 351 g/mol. The molecule has 0 aromatic heterocycles. The van der Waals surface area contributed by atoms with Gasteiger partial charge in [-0.1, -0.05) is 33.8 Å². The summed E-state index contributed by atoms with van der Waals surface area (Å²) in [6, 6.07) is 11.8. The van der Waals surface area contributed by atoms with Crippen LogP contribution in [0.2, 0.25) is 0 Å². The van der Waals surface area contributed by atoms with Crippen LogP contribution in [0.3, 0.4) is 0 Å². The quantitative estimate of drug-likeness (QED) is 0.758. The number of fused-ring (bicyclic) bond motifs is 1. The maximum atomic E-state index is 11.1. The van der Waals surface area contributed by atoms with Crippen LogP contribution in [0, 0.1) is 6.92 Å². The highest BCUT2D eigenvalue weighted by molar-refractivity contribution is 5.88. The Morgan fingerprint density at radius 2 is 1.46 bits per heavy atom. The van der Waals surface area contributed by atoms with Gasteiger partial charge in [0.15, 0.2) is 0 Å². The number of rotatable bonds is 3. The van der Waals surface area contributed by atoms with Gasteiger partial charge in [-0.05, 0) is 77.6 Å². The number of hydrogen-bond donors (Lipinski definition) is 1. The van der Waals surface area contributed by atoms with Gasteiger partial charge in [-0.25, -0.2) is 4.79 Å². The molecule has 3 heteroatoms. The van der Waals surface area contributed by atoms with Gasteiger partial charge in [-0.2, -0.15) is 0 Å². The molecule has 0 saturated heterocycles. The Morgan fingerprint density at radius 1 is 0.962 bits per heavy atom. The first-order chi connectivity index (χ1) is 12.0. The second-order valence-electron chi connectivity index (χ2n) is 8.86. The van der Waals surface area contributed by atoms with Crippen molar-refractivity contribution in [3.63, 3.8) is 0 Å². The fraction of sp³-hybridized carbons (Fsp3) is 0.435. The van der Waals surface area contributed by atoms with Crippen molar-refractivity contribution in [3.05, 3.63) is 58.7 Å². The van der Waals surface area contributed by atoms with Crippen LogP contribution in [0.4, 0.5) is 11.4 Å². The lowest BCUT2D eigenvalue weighted by Crippen LogP contribution is -2.34. The van der Waals surface area contributed by atoms with Crippen LogP contribution >= 0.6 is 0 Å². The van der Waals surface area contributed by atoms with Crippen molar-refractivity contribution in [3.8, 4) is 0 Å². The predicted molar refractivity (Wildman–Crippen MR) is 108 cm³/mol. The highest BCUT2D eigenvalue weighted by Gasteiger charge is 2.37. The average Bonchev–Trinajstić information content (AvgIpc) is 2.58. The van der Waals surface area contributed by atoms with E-state index in [0.717, 1.165) is 5.69 Å². The first-order valence-corrected chi connectivity index (χ1v) is 9.26. The second-order valence-corrected chi connectivity index (χ2v) is 8.86. The van der Waals surface area contributed by atoms with Crippen LogP contribution in [0.1, 0.15) is 67.6 Å². The summed E-state index contributed by atoms with van der Waals surface area (Å²) in [7, 11) is 2.05. The van der Waals surface area contributed by atoms with Crippen LogP contribution in [-0.4, -0.2) is 18.1 Å². The molecule has 3 nitrogen and oxygen atoms in total. The lowest BCUT2D eigenvalue weighted by atomic mass is 9.63. The lowest BCUT2D eigenvalue weighted by molar-refractivity contribution is 0.0697. The largest absolute Gasteiger partial charge is 0.478 e. The molecular formula is C23H29NO2.